The van der Waals surface area contributed by atoms with Crippen molar-refractivity contribution in [2.45, 2.75) is 0 Å². The van der Waals surface area contributed by atoms with E-state index in [0.29, 0.717) is 30.1 Å². The molecule has 7 heteroatoms. The molecule has 3 N–H and O–H groups in total. The first-order chi connectivity index (χ1) is 9.02. The van der Waals surface area contributed by atoms with Crippen LogP contribution in [0.3, 0.4) is 0 Å². The number of carbonyl (C=O) groups is 2. The monoisotopic (exact) mass is 283 g/mol. The molecule has 19 heavy (non-hydrogen) atoms. The van der Waals surface area contributed by atoms with Crippen molar-refractivity contribution in [3.8, 4) is 5.75 Å². The van der Waals surface area contributed by atoms with Gasteiger partial charge in [-0.3, -0.25) is 9.59 Å². The highest BCUT2D eigenvalue weighted by Gasteiger charge is 2.25. The summed E-state index contributed by atoms with van der Waals surface area (Å²) in [6, 6.07) is 2.96. The lowest BCUT2D eigenvalue weighted by atomic mass is 10.1. The van der Waals surface area contributed by atoms with Crippen LogP contribution in [0.2, 0.25) is 5.02 Å². The number of hydrogen-bond donors (Lipinski definition) is 2. The van der Waals surface area contributed by atoms with Gasteiger partial charge in [0.05, 0.1) is 29.9 Å². The van der Waals surface area contributed by atoms with Crippen LogP contribution in [0.15, 0.2) is 12.1 Å². The number of amides is 2. The Bertz CT molecular complexity index is 533. The number of nitrogens with zero attached hydrogens (tertiary/aromatic N) is 1. The standard InChI is InChI=1S/C12H14ClN3O3/c1-19-10-5-9(14)8(13)4-7(10)12(18)16-3-2-15-11(17)6-16/h4-5H,2-3,6,14H2,1H3,(H,15,17). The highest BCUT2D eigenvalue weighted by molar-refractivity contribution is 6.33. The van der Waals surface area contributed by atoms with E-state index in [1.807, 2.05) is 0 Å². The van der Waals surface area contributed by atoms with E-state index >= 15 is 0 Å². The van der Waals surface area contributed by atoms with Crippen LogP contribution in [0, 0.1) is 0 Å². The van der Waals surface area contributed by atoms with Gasteiger partial charge in [0.25, 0.3) is 5.91 Å². The SMILES string of the molecule is COc1cc(N)c(Cl)cc1C(=O)N1CCNC(=O)C1. The van der Waals surface area contributed by atoms with Gasteiger partial charge < -0.3 is 20.7 Å². The molecule has 1 heterocycles. The number of nitrogens with two attached hydrogens (primary N) is 1. The fraction of sp³-hybridized carbons (Fsp3) is 0.333. The first-order valence-corrected chi connectivity index (χ1v) is 6.09. The Labute approximate surface area is 115 Å². The van der Waals surface area contributed by atoms with E-state index in [1.165, 1.54) is 24.1 Å². The predicted molar refractivity (Wildman–Crippen MR) is 71.3 cm³/mol. The maximum Gasteiger partial charge on any atom is 0.258 e. The summed E-state index contributed by atoms with van der Waals surface area (Å²) in [4.78, 5) is 25.1. The number of methoxy groups -OCH3 is 1. The van der Waals surface area contributed by atoms with Gasteiger partial charge >= 0.3 is 0 Å². The van der Waals surface area contributed by atoms with Crippen molar-refractivity contribution in [3.05, 3.63) is 22.7 Å². The molecule has 0 atom stereocenters. The minimum Gasteiger partial charge on any atom is -0.496 e. The van der Waals surface area contributed by atoms with Gasteiger partial charge in [0.1, 0.15) is 5.75 Å². The zero-order valence-electron chi connectivity index (χ0n) is 10.4. The van der Waals surface area contributed by atoms with E-state index in [0.717, 1.165) is 0 Å². The van der Waals surface area contributed by atoms with Gasteiger partial charge in [0, 0.05) is 19.2 Å². The molecule has 0 bridgehead atoms. The highest BCUT2D eigenvalue weighted by atomic mass is 35.5. The third kappa shape index (κ3) is 2.73. The molecule has 1 aromatic carbocycles. The maximum atomic E-state index is 12.4. The summed E-state index contributed by atoms with van der Waals surface area (Å²) < 4.78 is 5.13. The van der Waals surface area contributed by atoms with Gasteiger partial charge in [-0.1, -0.05) is 11.6 Å². The maximum absolute atomic E-state index is 12.4. The third-order valence-corrected chi connectivity index (χ3v) is 3.20. The zero-order valence-corrected chi connectivity index (χ0v) is 11.2. The molecule has 6 nitrogen and oxygen atoms in total. The third-order valence-electron chi connectivity index (χ3n) is 2.87. The fourth-order valence-electron chi connectivity index (χ4n) is 1.89. The lowest BCUT2D eigenvalue weighted by Crippen LogP contribution is -2.50. The van der Waals surface area contributed by atoms with Crippen molar-refractivity contribution in [2.24, 2.45) is 0 Å². The molecule has 0 saturated carbocycles. The summed E-state index contributed by atoms with van der Waals surface area (Å²) >= 11 is 5.92. The van der Waals surface area contributed by atoms with Crippen LogP contribution in [-0.2, 0) is 4.79 Å². The van der Waals surface area contributed by atoms with Gasteiger partial charge in [-0.2, -0.15) is 0 Å². The van der Waals surface area contributed by atoms with Gasteiger partial charge in [-0.15, -0.1) is 0 Å². The second-order valence-electron chi connectivity index (χ2n) is 4.15. The number of hydrogen-bond acceptors (Lipinski definition) is 4. The topological polar surface area (TPSA) is 84.7 Å². The fourth-order valence-corrected chi connectivity index (χ4v) is 2.05. The van der Waals surface area contributed by atoms with E-state index in [2.05, 4.69) is 5.32 Å². The molecule has 1 aliphatic rings. The zero-order chi connectivity index (χ0) is 14.0. The number of piperazine rings is 1. The Hall–Kier alpha value is -1.95. The summed E-state index contributed by atoms with van der Waals surface area (Å²) in [5.74, 6) is -0.133. The molecule has 102 valence electrons. The lowest BCUT2D eigenvalue weighted by Gasteiger charge is -2.27. The smallest absolute Gasteiger partial charge is 0.258 e. The van der Waals surface area contributed by atoms with Crippen molar-refractivity contribution in [3.63, 3.8) is 0 Å². The van der Waals surface area contributed by atoms with Crippen LogP contribution in [0.5, 0.6) is 5.75 Å². The average molecular weight is 284 g/mol. The van der Waals surface area contributed by atoms with Gasteiger partial charge in [0.2, 0.25) is 5.91 Å². The molecule has 0 aromatic heterocycles. The molecule has 2 amide bonds. The van der Waals surface area contributed by atoms with Crippen LogP contribution in [0.4, 0.5) is 5.69 Å². The summed E-state index contributed by atoms with van der Waals surface area (Å²) in [5, 5.41) is 2.94. The quantitative estimate of drug-likeness (QED) is 0.774. The molecular weight excluding hydrogens is 270 g/mol. The normalized spacial score (nSPS) is 15.1. The number of ether oxygens (including phenoxy) is 1. The predicted octanol–water partition coefficient (Wildman–Crippen LogP) is 0.503. The number of nitrogens with one attached hydrogen (secondary N) is 1. The van der Waals surface area contributed by atoms with E-state index in [9.17, 15) is 9.59 Å². The Morgan fingerprint density at radius 1 is 1.53 bits per heavy atom. The number of halogens is 1. The Kier molecular flexibility index (Phi) is 3.80. The number of rotatable bonds is 2. The van der Waals surface area contributed by atoms with Gasteiger partial charge in [-0.25, -0.2) is 0 Å². The van der Waals surface area contributed by atoms with E-state index in [4.69, 9.17) is 22.1 Å². The first-order valence-electron chi connectivity index (χ1n) is 5.72. The second-order valence-corrected chi connectivity index (χ2v) is 4.56. The van der Waals surface area contributed by atoms with Crippen LogP contribution >= 0.6 is 11.6 Å². The van der Waals surface area contributed by atoms with Crippen LogP contribution in [0.1, 0.15) is 10.4 Å². The lowest BCUT2D eigenvalue weighted by molar-refractivity contribution is -0.123. The second kappa shape index (κ2) is 5.36. The molecule has 1 fully saturated rings. The van der Waals surface area contributed by atoms with E-state index in [-0.39, 0.29) is 23.4 Å². The minimum atomic E-state index is -0.298. The number of carbonyl (C=O) groups excluding carboxylic acids is 2. The number of anilines is 1. The summed E-state index contributed by atoms with van der Waals surface area (Å²) in [7, 11) is 1.45. The molecular formula is C12H14ClN3O3. The van der Waals surface area contributed by atoms with E-state index < -0.39 is 0 Å². The Balaban J connectivity index is 2.32. The van der Waals surface area contributed by atoms with Crippen LogP contribution in [-0.4, -0.2) is 43.5 Å². The molecule has 1 saturated heterocycles. The summed E-state index contributed by atoms with van der Waals surface area (Å²) in [6.45, 7) is 0.926. The largest absolute Gasteiger partial charge is 0.496 e. The molecule has 1 aliphatic heterocycles. The van der Waals surface area contributed by atoms with Crippen molar-refractivity contribution in [2.75, 3.05) is 32.5 Å². The highest BCUT2D eigenvalue weighted by Crippen LogP contribution is 2.29. The van der Waals surface area contributed by atoms with Crippen LogP contribution < -0.4 is 15.8 Å². The summed E-state index contributed by atoms with van der Waals surface area (Å²) in [6.07, 6.45) is 0. The van der Waals surface area contributed by atoms with Gasteiger partial charge in [-0.05, 0) is 6.07 Å². The Morgan fingerprint density at radius 2 is 2.26 bits per heavy atom. The average Bonchev–Trinajstić information content (AvgIpc) is 2.40. The number of nitrogen functional groups attached to an aromatic ring is 1. The van der Waals surface area contributed by atoms with E-state index in [1.54, 1.807) is 0 Å². The molecule has 0 unspecified atom stereocenters. The molecule has 0 radical (unpaired) electrons. The Morgan fingerprint density at radius 3 is 2.89 bits per heavy atom. The van der Waals surface area contributed by atoms with Crippen molar-refractivity contribution < 1.29 is 14.3 Å². The molecule has 0 spiro atoms. The van der Waals surface area contributed by atoms with Crippen molar-refractivity contribution >= 4 is 29.1 Å². The van der Waals surface area contributed by atoms with Gasteiger partial charge in [0.15, 0.2) is 0 Å². The minimum absolute atomic E-state index is 0.0317. The molecule has 0 aliphatic carbocycles. The van der Waals surface area contributed by atoms with Crippen molar-refractivity contribution in [1.82, 2.24) is 10.2 Å². The molecule has 2 rings (SSSR count). The van der Waals surface area contributed by atoms with Crippen LogP contribution in [0.25, 0.3) is 0 Å². The first kappa shape index (κ1) is 13.5. The summed E-state index contributed by atoms with van der Waals surface area (Å²) in [5.41, 5.74) is 6.31. The van der Waals surface area contributed by atoms with Crippen molar-refractivity contribution in [1.29, 1.82) is 0 Å². The molecule has 1 aromatic rings. The number of benzene rings is 1.